The maximum Gasteiger partial charge on any atom is 0.268 e. The highest BCUT2D eigenvalue weighted by Crippen LogP contribution is 2.20. The molecule has 124 valence electrons. The summed E-state index contributed by atoms with van der Waals surface area (Å²) in [6, 6.07) is 16.0. The van der Waals surface area contributed by atoms with Crippen molar-refractivity contribution in [1.29, 1.82) is 0 Å². The molecule has 2 aromatic rings. The zero-order valence-electron chi connectivity index (χ0n) is 13.1. The van der Waals surface area contributed by atoms with Crippen LogP contribution < -0.4 is 9.47 Å². The van der Waals surface area contributed by atoms with Gasteiger partial charge in [-0.25, -0.2) is 8.78 Å². The van der Waals surface area contributed by atoms with Crippen molar-refractivity contribution in [2.75, 3.05) is 7.11 Å². The van der Waals surface area contributed by atoms with Crippen LogP contribution in [0.1, 0.15) is 12.5 Å². The van der Waals surface area contributed by atoms with Gasteiger partial charge in [-0.1, -0.05) is 30.3 Å². The van der Waals surface area contributed by atoms with E-state index in [9.17, 15) is 8.78 Å². The molecule has 0 bridgehead atoms. The number of benzene rings is 2. The number of methoxy groups -OCH3 is 1. The van der Waals surface area contributed by atoms with Gasteiger partial charge in [-0.2, -0.15) is 0 Å². The van der Waals surface area contributed by atoms with Crippen molar-refractivity contribution in [2.24, 2.45) is 0 Å². The summed E-state index contributed by atoms with van der Waals surface area (Å²) in [5.74, 6) is 1.25. The quantitative estimate of drug-likeness (QED) is 0.725. The topological polar surface area (TPSA) is 27.7 Å². The molecule has 0 amide bonds. The average Bonchev–Trinajstić information content (AvgIpc) is 2.56. The van der Waals surface area contributed by atoms with Gasteiger partial charge in [0.15, 0.2) is 6.10 Å². The molecule has 0 aromatic heterocycles. The molecule has 0 heterocycles. The highest BCUT2D eigenvalue weighted by atomic mass is 19.3. The van der Waals surface area contributed by atoms with Crippen LogP contribution in [0.5, 0.6) is 11.5 Å². The third-order valence-corrected chi connectivity index (χ3v) is 3.38. The molecule has 0 saturated heterocycles. The molecule has 2 atom stereocenters. The molecule has 3 nitrogen and oxygen atoms in total. The molecule has 2 rings (SSSR count). The molecule has 0 N–H and O–H groups in total. The molecular formula is C18H20F2O3. The largest absolute Gasteiger partial charge is 0.497 e. The maximum absolute atomic E-state index is 13.2. The summed E-state index contributed by atoms with van der Waals surface area (Å²) < 4.78 is 42.5. The summed E-state index contributed by atoms with van der Waals surface area (Å²) >= 11 is 0. The Balaban J connectivity index is 1.94. The van der Waals surface area contributed by atoms with Crippen LogP contribution in [0, 0.1) is 0 Å². The Kier molecular flexibility index (Phi) is 6.35. The lowest BCUT2D eigenvalue weighted by atomic mass is 10.2. The summed E-state index contributed by atoms with van der Waals surface area (Å²) in [7, 11) is 1.57. The van der Waals surface area contributed by atoms with Crippen LogP contribution in [0.4, 0.5) is 8.78 Å². The number of hydrogen-bond donors (Lipinski definition) is 0. The first-order valence-electron chi connectivity index (χ1n) is 7.34. The van der Waals surface area contributed by atoms with Crippen molar-refractivity contribution >= 4 is 0 Å². The average molecular weight is 322 g/mol. The monoisotopic (exact) mass is 322 g/mol. The van der Waals surface area contributed by atoms with Crippen LogP contribution in [0.25, 0.3) is 0 Å². The number of para-hydroxylation sites is 1. The van der Waals surface area contributed by atoms with Crippen molar-refractivity contribution in [3.05, 3.63) is 60.2 Å². The van der Waals surface area contributed by atoms with E-state index in [0.717, 1.165) is 5.56 Å². The van der Waals surface area contributed by atoms with Gasteiger partial charge in [-0.3, -0.25) is 0 Å². The molecule has 23 heavy (non-hydrogen) atoms. The first-order chi connectivity index (χ1) is 11.1. The van der Waals surface area contributed by atoms with E-state index in [1.807, 2.05) is 6.07 Å². The predicted octanol–water partition coefficient (Wildman–Crippen LogP) is 4.31. The van der Waals surface area contributed by atoms with Crippen molar-refractivity contribution in [3.63, 3.8) is 0 Å². The SMILES string of the molecule is COc1ccc(COC(C(F)F)[C@H](C)Oc2ccccc2)cc1. The van der Waals surface area contributed by atoms with Crippen molar-refractivity contribution in [3.8, 4) is 11.5 Å². The normalized spacial score (nSPS) is 13.6. The van der Waals surface area contributed by atoms with E-state index in [4.69, 9.17) is 14.2 Å². The molecule has 0 aliphatic carbocycles. The second kappa shape index (κ2) is 8.48. The van der Waals surface area contributed by atoms with E-state index in [-0.39, 0.29) is 6.61 Å². The zero-order valence-corrected chi connectivity index (χ0v) is 13.1. The number of rotatable bonds is 8. The van der Waals surface area contributed by atoms with Crippen LogP contribution in [-0.2, 0) is 11.3 Å². The third kappa shape index (κ3) is 5.21. The van der Waals surface area contributed by atoms with Crippen LogP contribution >= 0.6 is 0 Å². The number of ether oxygens (including phenoxy) is 3. The first kappa shape index (κ1) is 17.2. The minimum Gasteiger partial charge on any atom is -0.497 e. The van der Waals surface area contributed by atoms with Crippen LogP contribution in [0.3, 0.4) is 0 Å². The number of halogens is 2. The number of alkyl halides is 2. The van der Waals surface area contributed by atoms with Crippen molar-refractivity contribution in [2.45, 2.75) is 32.2 Å². The lowest BCUT2D eigenvalue weighted by Crippen LogP contribution is -2.37. The van der Waals surface area contributed by atoms with Gasteiger partial charge < -0.3 is 14.2 Å². The lowest BCUT2D eigenvalue weighted by Gasteiger charge is -2.24. The van der Waals surface area contributed by atoms with Crippen LogP contribution in [0.15, 0.2) is 54.6 Å². The summed E-state index contributed by atoms with van der Waals surface area (Å²) in [5.41, 5.74) is 0.795. The minimum atomic E-state index is -2.63. The Labute approximate surface area is 134 Å². The van der Waals surface area contributed by atoms with Gasteiger partial charge in [-0.05, 0) is 36.8 Å². The highest BCUT2D eigenvalue weighted by molar-refractivity contribution is 5.26. The van der Waals surface area contributed by atoms with E-state index >= 15 is 0 Å². The Bertz CT molecular complexity index is 573. The fourth-order valence-electron chi connectivity index (χ4n) is 2.11. The van der Waals surface area contributed by atoms with E-state index < -0.39 is 18.6 Å². The Morgan fingerprint density at radius 2 is 1.57 bits per heavy atom. The second-order valence-electron chi connectivity index (χ2n) is 5.09. The fourth-order valence-corrected chi connectivity index (χ4v) is 2.11. The summed E-state index contributed by atoms with van der Waals surface area (Å²) in [6.07, 6.45) is -4.71. The summed E-state index contributed by atoms with van der Waals surface area (Å²) in [6.45, 7) is 1.67. The zero-order chi connectivity index (χ0) is 16.7. The van der Waals surface area contributed by atoms with Gasteiger partial charge in [0, 0.05) is 0 Å². The predicted molar refractivity (Wildman–Crippen MR) is 84.1 cm³/mol. The molecule has 0 aliphatic heterocycles. The second-order valence-corrected chi connectivity index (χ2v) is 5.09. The highest BCUT2D eigenvalue weighted by Gasteiger charge is 2.29. The Morgan fingerprint density at radius 3 is 2.13 bits per heavy atom. The van der Waals surface area contributed by atoms with Crippen molar-refractivity contribution < 1.29 is 23.0 Å². The Morgan fingerprint density at radius 1 is 0.913 bits per heavy atom. The molecule has 2 aromatic carbocycles. The standard InChI is InChI=1S/C18H20F2O3/c1-13(23-16-6-4-3-5-7-16)17(18(19)20)22-12-14-8-10-15(21-2)11-9-14/h3-11,13,17-18H,12H2,1-2H3/t13-,17?/m0/s1. The maximum atomic E-state index is 13.2. The van der Waals surface area contributed by atoms with Crippen LogP contribution in [-0.4, -0.2) is 25.7 Å². The molecule has 5 heteroatoms. The van der Waals surface area contributed by atoms with Gasteiger partial charge in [0.25, 0.3) is 6.43 Å². The fraction of sp³-hybridized carbons (Fsp3) is 0.333. The Hall–Kier alpha value is -2.14. The molecule has 0 spiro atoms. The smallest absolute Gasteiger partial charge is 0.268 e. The number of hydrogen-bond acceptors (Lipinski definition) is 3. The molecule has 0 fully saturated rings. The van der Waals surface area contributed by atoms with E-state index in [1.165, 1.54) is 0 Å². The summed E-state index contributed by atoms with van der Waals surface area (Å²) in [4.78, 5) is 0. The molecule has 1 unspecified atom stereocenters. The first-order valence-corrected chi connectivity index (χ1v) is 7.34. The molecule has 0 saturated carbocycles. The van der Waals surface area contributed by atoms with E-state index in [1.54, 1.807) is 62.6 Å². The molecule has 0 aliphatic rings. The van der Waals surface area contributed by atoms with Gasteiger partial charge >= 0.3 is 0 Å². The van der Waals surface area contributed by atoms with Gasteiger partial charge in [0.2, 0.25) is 0 Å². The van der Waals surface area contributed by atoms with Crippen molar-refractivity contribution in [1.82, 2.24) is 0 Å². The third-order valence-electron chi connectivity index (χ3n) is 3.38. The van der Waals surface area contributed by atoms with Gasteiger partial charge in [0.05, 0.1) is 13.7 Å². The van der Waals surface area contributed by atoms with E-state index in [0.29, 0.717) is 11.5 Å². The lowest BCUT2D eigenvalue weighted by molar-refractivity contribution is -0.108. The van der Waals surface area contributed by atoms with Gasteiger partial charge in [0.1, 0.15) is 17.6 Å². The van der Waals surface area contributed by atoms with E-state index in [2.05, 4.69) is 0 Å². The summed E-state index contributed by atoms with van der Waals surface area (Å²) in [5, 5.41) is 0. The van der Waals surface area contributed by atoms with Gasteiger partial charge in [-0.15, -0.1) is 0 Å². The molecule has 0 radical (unpaired) electrons. The minimum absolute atomic E-state index is 0.0848. The molecular weight excluding hydrogens is 302 g/mol. The van der Waals surface area contributed by atoms with Crippen LogP contribution in [0.2, 0.25) is 0 Å².